The third-order valence-corrected chi connectivity index (χ3v) is 3.24. The van der Waals surface area contributed by atoms with Crippen LogP contribution in [0.1, 0.15) is 45.4 Å². The van der Waals surface area contributed by atoms with E-state index in [1.165, 1.54) is 0 Å². The van der Waals surface area contributed by atoms with Gasteiger partial charge in [-0.05, 0) is 25.7 Å². The number of hydrogen-bond donors (Lipinski definition) is 2. The van der Waals surface area contributed by atoms with Crippen molar-refractivity contribution in [3.05, 3.63) is 0 Å². The Balaban J connectivity index is 2.60. The molecule has 1 aliphatic rings. The second-order valence-corrected chi connectivity index (χ2v) is 4.56. The first-order valence-electron chi connectivity index (χ1n) is 6.43. The number of likely N-dealkylation sites (tertiary alicyclic amines) is 1. The fourth-order valence-corrected chi connectivity index (χ4v) is 2.19. The number of carbonyl (C=O) groups is 2. The predicted molar refractivity (Wildman–Crippen MR) is 63.4 cm³/mol. The van der Waals surface area contributed by atoms with Gasteiger partial charge in [0.05, 0.1) is 0 Å². The van der Waals surface area contributed by atoms with E-state index in [0.29, 0.717) is 6.42 Å². The zero-order chi connectivity index (χ0) is 12.7. The minimum Gasteiger partial charge on any atom is -0.342 e. The standard InChI is InChI=1S/C12H22N2O3/c1-2-3-7-10(11(15)13-17)12(16)14-8-5-4-6-9-14/h10,17H,2-9H2,1H3,(H,13,15)/t10-/m0/s1. The van der Waals surface area contributed by atoms with E-state index in [4.69, 9.17) is 5.21 Å². The molecule has 1 fully saturated rings. The van der Waals surface area contributed by atoms with Crippen LogP contribution >= 0.6 is 0 Å². The summed E-state index contributed by atoms with van der Waals surface area (Å²) in [4.78, 5) is 25.4. The van der Waals surface area contributed by atoms with Crippen molar-refractivity contribution in [3.8, 4) is 0 Å². The van der Waals surface area contributed by atoms with Gasteiger partial charge in [-0.2, -0.15) is 0 Å². The van der Waals surface area contributed by atoms with E-state index in [9.17, 15) is 9.59 Å². The zero-order valence-corrected chi connectivity index (χ0v) is 10.4. The van der Waals surface area contributed by atoms with Gasteiger partial charge < -0.3 is 4.90 Å². The van der Waals surface area contributed by atoms with E-state index in [1.54, 1.807) is 10.4 Å². The molecule has 0 aromatic carbocycles. The van der Waals surface area contributed by atoms with Crippen LogP contribution in [0.5, 0.6) is 0 Å². The van der Waals surface area contributed by atoms with Crippen LogP contribution < -0.4 is 5.48 Å². The zero-order valence-electron chi connectivity index (χ0n) is 10.4. The Bertz CT molecular complexity index is 262. The van der Waals surface area contributed by atoms with Crippen LogP contribution in [0, 0.1) is 5.92 Å². The van der Waals surface area contributed by atoms with Crippen LogP contribution in [0.3, 0.4) is 0 Å². The first kappa shape index (κ1) is 14.0. The molecule has 0 radical (unpaired) electrons. The van der Waals surface area contributed by atoms with Crippen molar-refractivity contribution in [1.82, 2.24) is 10.4 Å². The summed E-state index contributed by atoms with van der Waals surface area (Å²) in [5.74, 6) is -1.43. The molecule has 2 N–H and O–H groups in total. The Hall–Kier alpha value is -1.10. The normalized spacial score (nSPS) is 17.6. The van der Waals surface area contributed by atoms with Crippen LogP contribution in [0.25, 0.3) is 0 Å². The Labute approximate surface area is 102 Å². The summed E-state index contributed by atoms with van der Waals surface area (Å²) < 4.78 is 0. The van der Waals surface area contributed by atoms with Crippen LogP contribution in [0.15, 0.2) is 0 Å². The molecule has 98 valence electrons. The summed E-state index contributed by atoms with van der Waals surface area (Å²) >= 11 is 0. The molecule has 1 rings (SSSR count). The summed E-state index contributed by atoms with van der Waals surface area (Å²) in [6.07, 6.45) is 5.42. The Morgan fingerprint density at radius 1 is 1.29 bits per heavy atom. The van der Waals surface area contributed by atoms with Crippen molar-refractivity contribution in [2.75, 3.05) is 13.1 Å². The number of nitrogens with zero attached hydrogens (tertiary/aromatic N) is 1. The Kier molecular flexibility index (Phi) is 5.97. The number of hydroxylamine groups is 1. The molecule has 0 aromatic rings. The van der Waals surface area contributed by atoms with E-state index in [0.717, 1.165) is 45.2 Å². The van der Waals surface area contributed by atoms with Crippen molar-refractivity contribution in [3.63, 3.8) is 0 Å². The first-order valence-corrected chi connectivity index (χ1v) is 6.43. The van der Waals surface area contributed by atoms with Gasteiger partial charge in [-0.1, -0.05) is 19.8 Å². The van der Waals surface area contributed by atoms with Crippen molar-refractivity contribution >= 4 is 11.8 Å². The first-order chi connectivity index (χ1) is 8.20. The molecule has 1 heterocycles. The Morgan fingerprint density at radius 2 is 1.94 bits per heavy atom. The summed E-state index contributed by atoms with van der Waals surface area (Å²) in [6, 6.07) is 0. The summed E-state index contributed by atoms with van der Waals surface area (Å²) in [5.41, 5.74) is 1.61. The summed E-state index contributed by atoms with van der Waals surface area (Å²) in [5, 5.41) is 8.68. The van der Waals surface area contributed by atoms with Gasteiger partial charge in [0.2, 0.25) is 5.91 Å². The van der Waals surface area contributed by atoms with Gasteiger partial charge in [-0.15, -0.1) is 0 Å². The molecular weight excluding hydrogens is 220 g/mol. The van der Waals surface area contributed by atoms with Gasteiger partial charge in [0, 0.05) is 13.1 Å². The van der Waals surface area contributed by atoms with E-state index in [1.807, 2.05) is 6.92 Å². The number of amides is 2. The van der Waals surface area contributed by atoms with E-state index in [-0.39, 0.29) is 5.91 Å². The SMILES string of the molecule is CCCC[C@@H](C(=O)NO)C(=O)N1CCCCC1. The van der Waals surface area contributed by atoms with Crippen molar-refractivity contribution in [2.24, 2.45) is 5.92 Å². The second-order valence-electron chi connectivity index (χ2n) is 4.56. The van der Waals surface area contributed by atoms with Gasteiger partial charge in [-0.3, -0.25) is 14.8 Å². The van der Waals surface area contributed by atoms with E-state index >= 15 is 0 Å². The molecule has 0 bridgehead atoms. The lowest BCUT2D eigenvalue weighted by Gasteiger charge is -2.29. The smallest absolute Gasteiger partial charge is 0.255 e. The van der Waals surface area contributed by atoms with E-state index in [2.05, 4.69) is 0 Å². The molecule has 5 nitrogen and oxygen atoms in total. The fourth-order valence-electron chi connectivity index (χ4n) is 2.19. The van der Waals surface area contributed by atoms with Crippen LogP contribution in [-0.2, 0) is 9.59 Å². The van der Waals surface area contributed by atoms with Crippen LogP contribution in [-0.4, -0.2) is 35.0 Å². The minimum atomic E-state index is -0.724. The summed E-state index contributed by atoms with van der Waals surface area (Å²) in [7, 11) is 0. The highest BCUT2D eigenvalue weighted by atomic mass is 16.5. The quantitative estimate of drug-likeness (QED) is 0.434. The lowest BCUT2D eigenvalue weighted by Crippen LogP contribution is -2.45. The van der Waals surface area contributed by atoms with E-state index < -0.39 is 11.8 Å². The monoisotopic (exact) mass is 242 g/mol. The molecule has 1 atom stereocenters. The Morgan fingerprint density at radius 3 is 2.47 bits per heavy atom. The second kappa shape index (κ2) is 7.27. The van der Waals surface area contributed by atoms with Gasteiger partial charge in [-0.25, -0.2) is 5.48 Å². The number of rotatable bonds is 5. The molecule has 17 heavy (non-hydrogen) atoms. The fraction of sp³-hybridized carbons (Fsp3) is 0.833. The van der Waals surface area contributed by atoms with Gasteiger partial charge in [0.1, 0.15) is 5.92 Å². The molecule has 1 saturated heterocycles. The van der Waals surface area contributed by atoms with Crippen LogP contribution in [0.4, 0.5) is 0 Å². The molecule has 0 saturated carbocycles. The molecule has 5 heteroatoms. The third-order valence-electron chi connectivity index (χ3n) is 3.24. The topological polar surface area (TPSA) is 69.6 Å². The highest BCUT2D eigenvalue weighted by Crippen LogP contribution is 2.16. The molecule has 0 aromatic heterocycles. The lowest BCUT2D eigenvalue weighted by molar-refractivity contribution is -0.147. The average Bonchev–Trinajstić information content (AvgIpc) is 2.39. The average molecular weight is 242 g/mol. The number of piperidine rings is 1. The number of nitrogens with one attached hydrogen (secondary N) is 1. The maximum atomic E-state index is 12.2. The van der Waals surface area contributed by atoms with Crippen molar-refractivity contribution in [1.29, 1.82) is 0 Å². The predicted octanol–water partition coefficient (Wildman–Crippen LogP) is 1.31. The highest BCUT2D eigenvalue weighted by molar-refractivity contribution is 5.99. The third kappa shape index (κ3) is 4.00. The molecule has 0 unspecified atom stereocenters. The molecule has 0 aliphatic carbocycles. The maximum Gasteiger partial charge on any atom is 0.255 e. The minimum absolute atomic E-state index is 0.135. The van der Waals surface area contributed by atoms with Gasteiger partial charge in [0.15, 0.2) is 0 Å². The summed E-state index contributed by atoms with van der Waals surface area (Å²) in [6.45, 7) is 3.49. The molecule has 0 spiro atoms. The largest absolute Gasteiger partial charge is 0.342 e. The number of carbonyl (C=O) groups excluding carboxylic acids is 2. The number of unbranched alkanes of at least 4 members (excludes halogenated alkanes) is 1. The lowest BCUT2D eigenvalue weighted by atomic mass is 9.98. The highest BCUT2D eigenvalue weighted by Gasteiger charge is 2.30. The van der Waals surface area contributed by atoms with Crippen molar-refractivity contribution in [2.45, 2.75) is 45.4 Å². The molecular formula is C12H22N2O3. The van der Waals surface area contributed by atoms with Gasteiger partial charge in [0.25, 0.3) is 5.91 Å². The number of hydrogen-bond acceptors (Lipinski definition) is 3. The molecule has 2 amide bonds. The van der Waals surface area contributed by atoms with Crippen molar-refractivity contribution < 1.29 is 14.8 Å². The molecule has 1 aliphatic heterocycles. The van der Waals surface area contributed by atoms with Gasteiger partial charge >= 0.3 is 0 Å². The van der Waals surface area contributed by atoms with Crippen LogP contribution in [0.2, 0.25) is 0 Å². The maximum absolute atomic E-state index is 12.2.